The molecule has 0 bridgehead atoms. The number of hydrogen-bond donors (Lipinski definition) is 2. The molecule has 0 amide bonds. The molecule has 22 heavy (non-hydrogen) atoms. The molecular weight excluding hydrogens is 311 g/mol. The first-order valence-corrected chi connectivity index (χ1v) is 8.66. The van der Waals surface area contributed by atoms with Crippen LogP contribution < -0.4 is 0 Å². The van der Waals surface area contributed by atoms with Gasteiger partial charge in [-0.25, -0.2) is 4.57 Å². The molecule has 0 aliphatic heterocycles. The molecule has 0 aromatic heterocycles. The molecule has 7 nitrogen and oxygen atoms in total. The van der Waals surface area contributed by atoms with Gasteiger partial charge in [-0.15, -0.1) is 0 Å². The Morgan fingerprint density at radius 3 is 1.18 bits per heavy atom. The third-order valence-electron chi connectivity index (χ3n) is 1.79. The molecule has 134 valence electrons. The molecule has 0 rings (SSSR count). The largest absolute Gasteiger partial charge is 0.469 e. The molecule has 0 aromatic rings. The van der Waals surface area contributed by atoms with Crippen molar-refractivity contribution >= 4 is 7.82 Å². The van der Waals surface area contributed by atoms with Crippen molar-refractivity contribution in [3.8, 4) is 0 Å². The van der Waals surface area contributed by atoms with E-state index in [-0.39, 0.29) is 0 Å². The van der Waals surface area contributed by atoms with Crippen LogP contribution in [0.2, 0.25) is 0 Å². The Labute approximate surface area is 133 Å². The Morgan fingerprint density at radius 1 is 0.727 bits per heavy atom. The van der Waals surface area contributed by atoms with Gasteiger partial charge in [0.15, 0.2) is 0 Å². The van der Waals surface area contributed by atoms with E-state index in [4.69, 9.17) is 24.0 Å². The maximum absolute atomic E-state index is 11.1. The van der Waals surface area contributed by atoms with E-state index in [1.165, 1.54) is 0 Å². The molecule has 0 unspecified atom stereocenters. The zero-order chi connectivity index (χ0) is 18.0. The van der Waals surface area contributed by atoms with Crippen LogP contribution in [0.15, 0.2) is 0 Å². The fourth-order valence-corrected chi connectivity index (χ4v) is 2.04. The molecular formula is C14H31O7P. The second-order valence-corrected chi connectivity index (χ2v) is 9.33. The van der Waals surface area contributed by atoms with Crippen LogP contribution >= 0.6 is 7.82 Å². The van der Waals surface area contributed by atoms with Crippen molar-refractivity contribution in [3.05, 3.63) is 0 Å². The van der Waals surface area contributed by atoms with Crippen molar-refractivity contribution in [1.29, 1.82) is 0 Å². The molecule has 8 heteroatoms. The average Bonchev–Trinajstić information content (AvgIpc) is 2.04. The number of phosphoric acid groups is 1. The van der Waals surface area contributed by atoms with Gasteiger partial charge in [0, 0.05) is 0 Å². The molecule has 2 N–H and O–H groups in total. The van der Waals surface area contributed by atoms with Crippen LogP contribution in [0.3, 0.4) is 0 Å². The summed E-state index contributed by atoms with van der Waals surface area (Å²) in [6, 6.07) is 0. The molecule has 0 heterocycles. The lowest BCUT2D eigenvalue weighted by Crippen LogP contribution is -2.55. The van der Waals surface area contributed by atoms with Crippen molar-refractivity contribution in [3.63, 3.8) is 0 Å². The highest BCUT2D eigenvalue weighted by molar-refractivity contribution is 7.46. The van der Waals surface area contributed by atoms with Gasteiger partial charge in [0.1, 0.15) is 6.61 Å². The highest BCUT2D eigenvalue weighted by Gasteiger charge is 2.46. The van der Waals surface area contributed by atoms with Gasteiger partial charge in [-0.05, 0) is 62.3 Å². The predicted molar refractivity (Wildman–Crippen MR) is 83.2 cm³/mol. The van der Waals surface area contributed by atoms with E-state index >= 15 is 0 Å². The summed E-state index contributed by atoms with van der Waals surface area (Å²) in [6.45, 7) is 15.5. The first kappa shape index (κ1) is 22.0. The summed E-state index contributed by atoms with van der Waals surface area (Å²) in [5.41, 5.74) is -2.06. The number of hydrogen-bond acceptors (Lipinski definition) is 5. The monoisotopic (exact) mass is 342 g/mol. The normalized spacial score (nSPS) is 15.2. The fourth-order valence-electron chi connectivity index (χ4n) is 1.71. The predicted octanol–water partition coefficient (Wildman–Crippen LogP) is 3.19. The minimum atomic E-state index is -4.70. The Bertz CT molecular complexity index is 354. The van der Waals surface area contributed by atoms with Crippen LogP contribution in [-0.4, -0.2) is 39.2 Å². The molecule has 0 aromatic carbocycles. The summed E-state index contributed by atoms with van der Waals surface area (Å²) in [5.74, 6) is -1.75. The van der Waals surface area contributed by atoms with Crippen LogP contribution in [-0.2, 0) is 23.3 Å². The van der Waals surface area contributed by atoms with Crippen LogP contribution in [0, 0.1) is 0 Å². The maximum Gasteiger partial charge on any atom is 0.469 e. The fraction of sp³-hybridized carbons (Fsp3) is 1.00. The molecule has 0 aliphatic rings. The Hall–Kier alpha value is -0.0100. The lowest BCUT2D eigenvalue weighted by molar-refractivity contribution is -0.453. The van der Waals surface area contributed by atoms with Gasteiger partial charge < -0.3 is 24.0 Å². The molecule has 0 atom stereocenters. The van der Waals surface area contributed by atoms with E-state index in [1.807, 2.05) is 0 Å². The lowest BCUT2D eigenvalue weighted by Gasteiger charge is -2.44. The van der Waals surface area contributed by atoms with E-state index in [0.717, 1.165) is 0 Å². The topological polar surface area (TPSA) is 94.5 Å². The smallest absolute Gasteiger partial charge is 0.320 e. The Morgan fingerprint density at radius 2 is 1.00 bits per heavy atom. The van der Waals surface area contributed by atoms with Crippen LogP contribution in [0.4, 0.5) is 0 Å². The average molecular weight is 342 g/mol. The van der Waals surface area contributed by atoms with Gasteiger partial charge in [-0.1, -0.05) is 0 Å². The zero-order valence-electron chi connectivity index (χ0n) is 15.1. The van der Waals surface area contributed by atoms with E-state index in [0.29, 0.717) is 0 Å². The quantitative estimate of drug-likeness (QED) is 0.565. The highest BCUT2D eigenvalue weighted by atomic mass is 31.2. The minimum Gasteiger partial charge on any atom is -0.320 e. The van der Waals surface area contributed by atoms with Gasteiger partial charge in [0.25, 0.3) is 0 Å². The summed E-state index contributed by atoms with van der Waals surface area (Å²) >= 11 is 0. The molecule has 0 fully saturated rings. The van der Waals surface area contributed by atoms with E-state index in [2.05, 4.69) is 4.52 Å². The van der Waals surface area contributed by atoms with E-state index < -0.39 is 37.2 Å². The van der Waals surface area contributed by atoms with Crippen molar-refractivity contribution in [2.45, 2.75) is 85.1 Å². The molecule has 0 saturated heterocycles. The van der Waals surface area contributed by atoms with Crippen LogP contribution in [0.25, 0.3) is 0 Å². The third-order valence-corrected chi connectivity index (χ3v) is 2.26. The Balaban J connectivity index is 5.63. The number of phosphoric ester groups is 1. The standard InChI is InChI=1S/C14H31O7P/c1-11(2,3)19-14(20-12(4,5)6,21-13(7,8)9)10-18-22(15,16)17/h10H2,1-9H3,(H2,15,16,17). The van der Waals surface area contributed by atoms with Crippen LogP contribution in [0.5, 0.6) is 0 Å². The van der Waals surface area contributed by atoms with Gasteiger partial charge in [0.05, 0.1) is 16.8 Å². The third kappa shape index (κ3) is 11.5. The first-order valence-electron chi connectivity index (χ1n) is 7.13. The SMILES string of the molecule is CC(C)(C)OC(COP(=O)(O)O)(OC(C)(C)C)OC(C)(C)C. The van der Waals surface area contributed by atoms with Crippen molar-refractivity contribution in [2.24, 2.45) is 0 Å². The summed E-state index contributed by atoms with van der Waals surface area (Å²) in [4.78, 5) is 18.0. The van der Waals surface area contributed by atoms with Crippen LogP contribution in [0.1, 0.15) is 62.3 Å². The van der Waals surface area contributed by atoms with Gasteiger partial charge in [-0.3, -0.25) is 4.52 Å². The molecule has 0 aliphatic carbocycles. The summed E-state index contributed by atoms with van der Waals surface area (Å²) in [7, 11) is -4.70. The van der Waals surface area contributed by atoms with Crippen molar-refractivity contribution < 1.29 is 33.1 Å². The number of ether oxygens (including phenoxy) is 3. The molecule has 0 radical (unpaired) electrons. The van der Waals surface area contributed by atoms with Crippen molar-refractivity contribution in [2.75, 3.05) is 6.61 Å². The van der Waals surface area contributed by atoms with E-state index in [1.54, 1.807) is 62.3 Å². The summed E-state index contributed by atoms with van der Waals surface area (Å²) < 4.78 is 33.3. The summed E-state index contributed by atoms with van der Waals surface area (Å²) in [6.07, 6.45) is 0. The lowest BCUT2D eigenvalue weighted by atomic mass is 10.1. The van der Waals surface area contributed by atoms with Gasteiger partial charge in [-0.2, -0.15) is 0 Å². The summed E-state index contributed by atoms with van der Waals surface area (Å²) in [5, 5.41) is 0. The number of rotatable bonds is 6. The highest BCUT2D eigenvalue weighted by Crippen LogP contribution is 2.40. The second-order valence-electron chi connectivity index (χ2n) is 8.09. The zero-order valence-corrected chi connectivity index (χ0v) is 16.0. The molecule has 0 saturated carbocycles. The Kier molecular flexibility index (Phi) is 6.85. The van der Waals surface area contributed by atoms with E-state index in [9.17, 15) is 4.57 Å². The minimum absolute atomic E-state index is 0.566. The van der Waals surface area contributed by atoms with Gasteiger partial charge in [0.2, 0.25) is 0 Å². The first-order chi connectivity index (χ1) is 9.33. The van der Waals surface area contributed by atoms with Crippen molar-refractivity contribution in [1.82, 2.24) is 0 Å². The maximum atomic E-state index is 11.1. The van der Waals surface area contributed by atoms with Gasteiger partial charge >= 0.3 is 13.8 Å². The second kappa shape index (κ2) is 6.85. The molecule has 0 spiro atoms.